The van der Waals surface area contributed by atoms with Crippen LogP contribution in [0.4, 0.5) is 9.59 Å². The lowest BCUT2D eigenvalue weighted by Crippen LogP contribution is -2.44. The van der Waals surface area contributed by atoms with Crippen LogP contribution in [0.3, 0.4) is 0 Å². The lowest BCUT2D eigenvalue weighted by atomic mass is 10.3. The van der Waals surface area contributed by atoms with E-state index in [1.54, 1.807) is 0 Å². The molecule has 0 aromatic carbocycles. The van der Waals surface area contributed by atoms with Crippen LogP contribution in [0.1, 0.15) is 0 Å². The Morgan fingerprint density at radius 1 is 0.938 bits per heavy atom. The molecule has 2 unspecified atom stereocenters. The topological polar surface area (TPSA) is 87.6 Å². The van der Waals surface area contributed by atoms with Crippen LogP contribution in [0.25, 0.3) is 0 Å². The van der Waals surface area contributed by atoms with E-state index in [2.05, 4.69) is 0 Å². The Kier molecular flexibility index (Phi) is 2.39. The second kappa shape index (κ2) is 3.49. The quantitative estimate of drug-likeness (QED) is 0.590. The van der Waals surface area contributed by atoms with Gasteiger partial charge in [0.05, 0.1) is 0 Å². The molecule has 2 N–H and O–H groups in total. The van der Waals surface area contributed by atoms with E-state index < -0.39 is 25.8 Å². The zero-order valence-electron chi connectivity index (χ0n) is 9.07. The summed E-state index contributed by atoms with van der Waals surface area (Å²) in [5, 5.41) is 18.2. The second-order valence-electron chi connectivity index (χ2n) is 3.84. The summed E-state index contributed by atoms with van der Waals surface area (Å²) in [6.45, 7) is -0.914. The second-order valence-corrected chi connectivity index (χ2v) is 3.84. The van der Waals surface area contributed by atoms with Crippen LogP contribution < -0.4 is 0 Å². The molecule has 8 nitrogen and oxygen atoms in total. The third kappa shape index (κ3) is 1.11. The number of fused-ring (bicyclic) bond motifs is 1. The summed E-state index contributed by atoms with van der Waals surface area (Å²) in [6, 6.07) is -0.731. The number of urea groups is 2. The maximum atomic E-state index is 11.7. The van der Waals surface area contributed by atoms with Crippen LogP contribution in [0.5, 0.6) is 0 Å². The average molecular weight is 230 g/mol. The number of aliphatic hydroxyl groups is 2. The predicted molar refractivity (Wildman–Crippen MR) is 51.7 cm³/mol. The summed E-state index contributed by atoms with van der Waals surface area (Å²) in [5.74, 6) is 0. The first-order chi connectivity index (χ1) is 7.54. The first kappa shape index (κ1) is 11.0. The Labute approximate surface area is 92.2 Å². The number of nitrogens with zero attached hydrogens (tertiary/aromatic N) is 4. The van der Waals surface area contributed by atoms with Crippen LogP contribution in [-0.4, -0.2) is 81.8 Å². The molecule has 0 aliphatic carbocycles. The monoisotopic (exact) mass is 230 g/mol. The van der Waals surface area contributed by atoms with E-state index in [1.807, 2.05) is 0 Å². The SMILES string of the molecule is CN1C(=O)N(CO)C2C1N(CO)C(=O)N2C. The van der Waals surface area contributed by atoms with Crippen molar-refractivity contribution in [1.29, 1.82) is 0 Å². The first-order valence-corrected chi connectivity index (χ1v) is 4.83. The fraction of sp³-hybridized carbons (Fsp3) is 0.750. The van der Waals surface area contributed by atoms with Crippen LogP contribution in [0.15, 0.2) is 0 Å². The minimum atomic E-state index is -0.554. The number of hydrogen-bond donors (Lipinski definition) is 2. The molecule has 90 valence electrons. The molecule has 2 fully saturated rings. The molecule has 2 aliphatic rings. The molecule has 0 aromatic heterocycles. The van der Waals surface area contributed by atoms with Crippen molar-refractivity contribution in [3.63, 3.8) is 0 Å². The Morgan fingerprint density at radius 2 is 1.25 bits per heavy atom. The van der Waals surface area contributed by atoms with Gasteiger partial charge in [0.25, 0.3) is 0 Å². The molecule has 16 heavy (non-hydrogen) atoms. The summed E-state index contributed by atoms with van der Waals surface area (Å²) >= 11 is 0. The van der Waals surface area contributed by atoms with Crippen molar-refractivity contribution < 1.29 is 19.8 Å². The van der Waals surface area contributed by atoms with Crippen molar-refractivity contribution in [2.75, 3.05) is 27.6 Å². The molecule has 0 aromatic rings. The van der Waals surface area contributed by atoms with Gasteiger partial charge in [-0.05, 0) is 0 Å². The van der Waals surface area contributed by atoms with Crippen LogP contribution in [0, 0.1) is 0 Å². The van der Waals surface area contributed by atoms with Crippen LogP contribution >= 0.6 is 0 Å². The highest BCUT2D eigenvalue weighted by Gasteiger charge is 2.56. The first-order valence-electron chi connectivity index (χ1n) is 4.83. The van der Waals surface area contributed by atoms with Gasteiger partial charge in [0.15, 0.2) is 12.3 Å². The number of aliphatic hydroxyl groups excluding tert-OH is 2. The zero-order valence-corrected chi connectivity index (χ0v) is 9.07. The van der Waals surface area contributed by atoms with Crippen molar-refractivity contribution in [3.05, 3.63) is 0 Å². The van der Waals surface area contributed by atoms with E-state index in [-0.39, 0.29) is 12.1 Å². The summed E-state index contributed by atoms with van der Waals surface area (Å²) < 4.78 is 0. The predicted octanol–water partition coefficient (Wildman–Crippen LogP) is -1.73. The molecule has 0 bridgehead atoms. The Morgan fingerprint density at radius 3 is 1.50 bits per heavy atom. The van der Waals surface area contributed by atoms with Gasteiger partial charge in [0, 0.05) is 14.1 Å². The van der Waals surface area contributed by atoms with E-state index in [0.717, 1.165) is 0 Å². The van der Waals surface area contributed by atoms with Crippen molar-refractivity contribution in [2.45, 2.75) is 12.3 Å². The van der Waals surface area contributed by atoms with Gasteiger partial charge in [0.1, 0.15) is 13.5 Å². The van der Waals surface area contributed by atoms with Crippen molar-refractivity contribution >= 4 is 12.1 Å². The van der Waals surface area contributed by atoms with Gasteiger partial charge in [-0.25, -0.2) is 9.59 Å². The fourth-order valence-corrected chi connectivity index (χ4v) is 2.29. The number of likely N-dealkylation sites (N-methyl/N-ethyl adjacent to an activating group) is 2. The number of rotatable bonds is 2. The van der Waals surface area contributed by atoms with Gasteiger partial charge in [-0.3, -0.25) is 9.80 Å². The summed E-state index contributed by atoms with van der Waals surface area (Å²) in [4.78, 5) is 28.4. The van der Waals surface area contributed by atoms with Crippen molar-refractivity contribution in [1.82, 2.24) is 19.6 Å². The summed E-state index contributed by atoms with van der Waals surface area (Å²) in [6.07, 6.45) is -1.11. The van der Waals surface area contributed by atoms with Gasteiger partial charge >= 0.3 is 12.1 Å². The van der Waals surface area contributed by atoms with Gasteiger partial charge in [-0.15, -0.1) is 0 Å². The van der Waals surface area contributed by atoms with Crippen molar-refractivity contribution in [3.8, 4) is 0 Å². The highest BCUT2D eigenvalue weighted by atomic mass is 16.3. The lowest BCUT2D eigenvalue weighted by molar-refractivity contribution is 0.0567. The smallest absolute Gasteiger partial charge is 0.325 e. The lowest BCUT2D eigenvalue weighted by Gasteiger charge is -2.24. The minimum Gasteiger partial charge on any atom is -0.376 e. The molecule has 0 saturated carbocycles. The Hall–Kier alpha value is -1.54. The van der Waals surface area contributed by atoms with Crippen molar-refractivity contribution in [2.24, 2.45) is 0 Å². The van der Waals surface area contributed by atoms with E-state index in [0.29, 0.717) is 0 Å². The normalized spacial score (nSPS) is 29.5. The van der Waals surface area contributed by atoms with E-state index in [9.17, 15) is 9.59 Å². The third-order valence-electron chi connectivity index (χ3n) is 3.10. The highest BCUT2D eigenvalue weighted by molar-refractivity contribution is 5.84. The molecule has 2 saturated heterocycles. The number of hydrogen-bond acceptors (Lipinski definition) is 4. The molecule has 2 aliphatic heterocycles. The largest absolute Gasteiger partial charge is 0.376 e. The average Bonchev–Trinajstić information content (AvgIpc) is 2.66. The molecular formula is C8H14N4O4. The maximum absolute atomic E-state index is 11.7. The standard InChI is InChI=1S/C8H14N4O4/c1-9-5-6(12(4-14)7(9)15)10(2)8(16)11(5)3-13/h5-6,13-14H,3-4H2,1-2H3. The van der Waals surface area contributed by atoms with Gasteiger partial charge in [0.2, 0.25) is 0 Å². The minimum absolute atomic E-state index is 0.365. The third-order valence-corrected chi connectivity index (χ3v) is 3.10. The number of carbonyl (C=O) groups excluding carboxylic acids is 2. The number of carbonyl (C=O) groups is 2. The Balaban J connectivity index is 2.37. The molecule has 2 atom stereocenters. The van der Waals surface area contributed by atoms with E-state index >= 15 is 0 Å². The van der Waals surface area contributed by atoms with Gasteiger partial charge in [-0.1, -0.05) is 0 Å². The van der Waals surface area contributed by atoms with Gasteiger partial charge in [-0.2, -0.15) is 0 Å². The van der Waals surface area contributed by atoms with Crippen LogP contribution in [0.2, 0.25) is 0 Å². The molecule has 2 rings (SSSR count). The molecule has 0 spiro atoms. The van der Waals surface area contributed by atoms with E-state index in [4.69, 9.17) is 10.2 Å². The van der Waals surface area contributed by atoms with E-state index in [1.165, 1.54) is 33.7 Å². The molecule has 4 amide bonds. The van der Waals surface area contributed by atoms with Crippen LogP contribution in [-0.2, 0) is 0 Å². The molecule has 0 radical (unpaired) electrons. The molecular weight excluding hydrogens is 216 g/mol. The Bertz CT molecular complexity index is 304. The fourth-order valence-electron chi connectivity index (χ4n) is 2.29. The molecule has 8 heteroatoms. The maximum Gasteiger partial charge on any atom is 0.325 e. The summed E-state index contributed by atoms with van der Waals surface area (Å²) in [7, 11) is 3.06. The zero-order chi connectivity index (χ0) is 12.0. The summed E-state index contributed by atoms with van der Waals surface area (Å²) in [5.41, 5.74) is 0. The number of amides is 4. The highest BCUT2D eigenvalue weighted by Crippen LogP contribution is 2.31. The van der Waals surface area contributed by atoms with Gasteiger partial charge < -0.3 is 20.0 Å². The molecule has 2 heterocycles.